The molecule has 1 nitrogen and oxygen atoms in total. The van der Waals surface area contributed by atoms with Crippen molar-refractivity contribution >= 4 is 12.1 Å². The summed E-state index contributed by atoms with van der Waals surface area (Å²) in [5, 5.41) is 0. The van der Waals surface area contributed by atoms with Crippen LogP contribution in [0.5, 0.6) is 0 Å². The fourth-order valence-corrected chi connectivity index (χ4v) is 12.1. The standard InChI is InChI=1S/C13H9.C9H7O.C3H6.2ClH.Zr/c1-3-7-12-10(5-1)9-11-6-2-4-8-13(11)12;1-2-4-8(3-1)9-5-6-10-7-9;1-3-2;;;/h1-5,7-8H,9H2;1,3,5-7H,2H2;1-2H3;2*1H;/q;;;;;+2/p-2. The van der Waals surface area contributed by atoms with Crippen molar-refractivity contribution in [1.82, 2.24) is 0 Å². The molecule has 2 aliphatic rings. The predicted octanol–water partition coefficient (Wildman–Crippen LogP) is -0.314. The third kappa shape index (κ3) is 3.83. The molecule has 3 aromatic rings. The fourth-order valence-electron chi connectivity index (χ4n) is 4.56. The Morgan fingerprint density at radius 3 is 2.48 bits per heavy atom. The summed E-state index contributed by atoms with van der Waals surface area (Å²) in [6.07, 6.45) is 10.5. The van der Waals surface area contributed by atoms with Crippen molar-refractivity contribution < 1.29 is 50.5 Å². The van der Waals surface area contributed by atoms with E-state index in [1.807, 2.05) is 6.26 Å². The SMILES string of the molecule is C[C](C)=[Zr+2]([C]1=C(c2ccoc2)C=CC1)[c]1cccc2c1Cc1ccccc1-2.[Cl-].[Cl-]. The minimum absolute atomic E-state index is 0. The van der Waals surface area contributed by atoms with Gasteiger partial charge in [0.2, 0.25) is 0 Å². The molecule has 0 unspecified atom stereocenters. The number of hydrogen-bond donors (Lipinski definition) is 0. The summed E-state index contributed by atoms with van der Waals surface area (Å²) in [4.78, 5) is 0. The Morgan fingerprint density at radius 1 is 0.931 bits per heavy atom. The summed E-state index contributed by atoms with van der Waals surface area (Å²) in [6.45, 7) is 4.71. The number of benzene rings is 2. The molecule has 0 aliphatic heterocycles. The van der Waals surface area contributed by atoms with Crippen LogP contribution in [0.3, 0.4) is 0 Å². The average molecular weight is 501 g/mol. The quantitative estimate of drug-likeness (QED) is 0.376. The van der Waals surface area contributed by atoms with E-state index in [0.29, 0.717) is 0 Å². The molecule has 2 aromatic carbocycles. The molecular formula is C25H22Cl2OZr. The van der Waals surface area contributed by atoms with Gasteiger partial charge >= 0.3 is 169 Å². The molecule has 0 atom stereocenters. The van der Waals surface area contributed by atoms with Gasteiger partial charge in [-0.2, -0.15) is 0 Å². The summed E-state index contributed by atoms with van der Waals surface area (Å²) >= 11 is -2.13. The summed E-state index contributed by atoms with van der Waals surface area (Å²) in [7, 11) is 0. The van der Waals surface area contributed by atoms with Gasteiger partial charge in [0.1, 0.15) is 0 Å². The molecule has 1 heterocycles. The van der Waals surface area contributed by atoms with E-state index >= 15 is 0 Å². The second-order valence-electron chi connectivity index (χ2n) is 7.55. The van der Waals surface area contributed by atoms with E-state index in [-0.39, 0.29) is 24.8 Å². The van der Waals surface area contributed by atoms with E-state index in [4.69, 9.17) is 4.42 Å². The minimum atomic E-state index is -2.13. The third-order valence-corrected chi connectivity index (χ3v) is 13.3. The number of halogens is 2. The molecule has 0 saturated heterocycles. The van der Waals surface area contributed by atoms with Crippen LogP contribution in [-0.4, -0.2) is 3.21 Å². The van der Waals surface area contributed by atoms with Crippen LogP contribution < -0.4 is 28.1 Å². The second-order valence-corrected chi connectivity index (χ2v) is 14.7. The van der Waals surface area contributed by atoms with Gasteiger partial charge in [0.05, 0.1) is 0 Å². The van der Waals surface area contributed by atoms with Crippen LogP contribution in [-0.2, 0) is 27.7 Å². The molecule has 0 saturated carbocycles. The maximum Gasteiger partial charge on any atom is -1.00 e. The molecular weight excluding hydrogens is 478 g/mol. The van der Waals surface area contributed by atoms with E-state index in [1.165, 1.54) is 27.8 Å². The van der Waals surface area contributed by atoms with Crippen molar-refractivity contribution in [3.8, 4) is 11.1 Å². The molecule has 0 radical (unpaired) electrons. The van der Waals surface area contributed by atoms with Crippen molar-refractivity contribution in [3.63, 3.8) is 0 Å². The topological polar surface area (TPSA) is 13.1 Å². The van der Waals surface area contributed by atoms with Gasteiger partial charge in [0.25, 0.3) is 0 Å². The smallest absolute Gasteiger partial charge is 1.00 e. The normalized spacial score (nSPS) is 13.1. The third-order valence-electron chi connectivity index (χ3n) is 5.69. The van der Waals surface area contributed by atoms with Gasteiger partial charge < -0.3 is 24.8 Å². The van der Waals surface area contributed by atoms with Gasteiger partial charge in [-0.25, -0.2) is 0 Å². The van der Waals surface area contributed by atoms with Crippen LogP contribution in [0.2, 0.25) is 0 Å². The van der Waals surface area contributed by atoms with Gasteiger partial charge in [-0.1, -0.05) is 0 Å². The first kappa shape index (κ1) is 22.2. The Balaban J connectivity index is 0.00000120. The van der Waals surface area contributed by atoms with Crippen molar-refractivity contribution in [2.24, 2.45) is 0 Å². The van der Waals surface area contributed by atoms with Crippen LogP contribution in [0.15, 0.2) is 80.9 Å². The van der Waals surface area contributed by atoms with Crippen molar-refractivity contribution in [3.05, 3.63) is 93.2 Å². The monoisotopic (exact) mass is 498 g/mol. The molecule has 4 heteroatoms. The average Bonchev–Trinajstić information content (AvgIpc) is 3.41. The Bertz CT molecular complexity index is 1130. The number of allylic oxidation sites excluding steroid dienone is 4. The first-order chi connectivity index (χ1) is 13.2. The zero-order chi connectivity index (χ0) is 18.4. The maximum absolute atomic E-state index is 5.38. The van der Waals surface area contributed by atoms with Crippen LogP contribution >= 0.6 is 0 Å². The van der Waals surface area contributed by atoms with Gasteiger partial charge in [0.15, 0.2) is 0 Å². The van der Waals surface area contributed by atoms with Crippen molar-refractivity contribution in [2.75, 3.05) is 0 Å². The Labute approximate surface area is 192 Å². The molecule has 0 bridgehead atoms. The molecule has 29 heavy (non-hydrogen) atoms. The number of rotatable bonds is 3. The number of hydrogen-bond acceptors (Lipinski definition) is 1. The van der Waals surface area contributed by atoms with E-state index in [9.17, 15) is 0 Å². The van der Waals surface area contributed by atoms with E-state index in [0.717, 1.165) is 12.8 Å². The first-order valence-corrected chi connectivity index (χ1v) is 13.2. The summed E-state index contributed by atoms with van der Waals surface area (Å²) in [5.74, 6) is 0. The largest absolute Gasteiger partial charge is 1.00 e. The number of furan rings is 1. The summed E-state index contributed by atoms with van der Waals surface area (Å²) in [5.41, 5.74) is 8.59. The van der Waals surface area contributed by atoms with Crippen LogP contribution in [0.4, 0.5) is 0 Å². The molecule has 1 aromatic heterocycles. The molecule has 0 spiro atoms. The minimum Gasteiger partial charge on any atom is -1.00 e. The van der Waals surface area contributed by atoms with Gasteiger partial charge in [-0.05, 0) is 0 Å². The van der Waals surface area contributed by atoms with Crippen molar-refractivity contribution in [2.45, 2.75) is 26.7 Å². The predicted molar refractivity (Wildman–Crippen MR) is 110 cm³/mol. The summed E-state index contributed by atoms with van der Waals surface area (Å²) < 4.78 is 10.4. The van der Waals surface area contributed by atoms with Gasteiger partial charge in [-0.15, -0.1) is 0 Å². The van der Waals surface area contributed by atoms with Crippen LogP contribution in [0.25, 0.3) is 16.7 Å². The van der Waals surface area contributed by atoms with E-state index < -0.39 is 21.3 Å². The zero-order valence-electron chi connectivity index (χ0n) is 16.5. The van der Waals surface area contributed by atoms with Crippen molar-refractivity contribution in [1.29, 1.82) is 0 Å². The molecule has 5 rings (SSSR count). The van der Waals surface area contributed by atoms with Gasteiger partial charge in [-0.3, -0.25) is 0 Å². The fraction of sp³-hybridized carbons (Fsp3) is 0.160. The molecule has 2 aliphatic carbocycles. The Morgan fingerprint density at radius 2 is 1.72 bits per heavy atom. The van der Waals surface area contributed by atoms with Crippen LogP contribution in [0, 0.1) is 0 Å². The zero-order valence-corrected chi connectivity index (χ0v) is 20.5. The molecule has 146 valence electrons. The van der Waals surface area contributed by atoms with E-state index in [2.05, 4.69) is 74.5 Å². The second kappa shape index (κ2) is 9.13. The Kier molecular flexibility index (Phi) is 6.99. The first-order valence-electron chi connectivity index (χ1n) is 9.54. The van der Waals surface area contributed by atoms with E-state index in [1.54, 1.807) is 21.6 Å². The maximum atomic E-state index is 5.38. The molecule has 0 N–H and O–H groups in total. The van der Waals surface area contributed by atoms with Crippen LogP contribution in [0.1, 0.15) is 37.0 Å². The van der Waals surface area contributed by atoms with Gasteiger partial charge in [0, 0.05) is 0 Å². The number of fused-ring (bicyclic) bond motifs is 3. The molecule has 0 fully saturated rings. The Hall–Kier alpha value is -1.47. The molecule has 0 amide bonds. The summed E-state index contributed by atoms with van der Waals surface area (Å²) in [6, 6.07) is 18.0.